The number of hydrogen-bond donors (Lipinski definition) is 1. The number of amides is 2. The molecule has 1 aromatic rings. The Morgan fingerprint density at radius 3 is 2.85 bits per heavy atom. The van der Waals surface area contributed by atoms with Gasteiger partial charge in [-0.3, -0.25) is 9.59 Å². The molecule has 1 aromatic heterocycles. The summed E-state index contributed by atoms with van der Waals surface area (Å²) < 4.78 is 1.85. The number of aromatic nitrogens is 1. The minimum atomic E-state index is -0.398. The summed E-state index contributed by atoms with van der Waals surface area (Å²) in [6, 6.07) is 1.41. The summed E-state index contributed by atoms with van der Waals surface area (Å²) in [6.07, 6.45) is 2.36. The molecule has 0 saturated carbocycles. The molecule has 0 bridgehead atoms. The molecule has 20 heavy (non-hydrogen) atoms. The van der Waals surface area contributed by atoms with E-state index in [1.807, 2.05) is 25.3 Å². The van der Waals surface area contributed by atoms with Gasteiger partial charge in [-0.05, 0) is 26.3 Å². The molecule has 1 fully saturated rings. The van der Waals surface area contributed by atoms with E-state index in [0.717, 1.165) is 0 Å². The van der Waals surface area contributed by atoms with Crippen LogP contribution in [0.5, 0.6) is 0 Å². The van der Waals surface area contributed by atoms with E-state index in [4.69, 9.17) is 11.6 Å². The van der Waals surface area contributed by atoms with E-state index in [9.17, 15) is 9.59 Å². The van der Waals surface area contributed by atoms with Gasteiger partial charge in [0.2, 0.25) is 5.91 Å². The molecule has 2 rings (SSSR count). The van der Waals surface area contributed by atoms with Gasteiger partial charge in [-0.25, -0.2) is 0 Å². The monoisotopic (exact) mass is 297 g/mol. The van der Waals surface area contributed by atoms with Crippen LogP contribution < -0.4 is 5.32 Å². The maximum atomic E-state index is 12.7. The van der Waals surface area contributed by atoms with Crippen molar-refractivity contribution in [2.45, 2.75) is 39.3 Å². The molecule has 1 unspecified atom stereocenters. The van der Waals surface area contributed by atoms with E-state index in [0.29, 0.717) is 30.2 Å². The molecule has 0 aromatic carbocycles. The SMILES string of the molecule is CCC1C(=O)NCCN1C(=O)c1cc(Cl)cn1C(C)C. The van der Waals surface area contributed by atoms with E-state index < -0.39 is 6.04 Å². The Morgan fingerprint density at radius 1 is 1.55 bits per heavy atom. The fourth-order valence-electron chi connectivity index (χ4n) is 2.55. The van der Waals surface area contributed by atoms with E-state index in [1.54, 1.807) is 17.2 Å². The predicted octanol–water partition coefficient (Wildman–Crippen LogP) is 2.07. The van der Waals surface area contributed by atoms with Crippen LogP contribution >= 0.6 is 11.6 Å². The number of piperazine rings is 1. The predicted molar refractivity (Wildman–Crippen MR) is 78.0 cm³/mol. The van der Waals surface area contributed by atoms with Gasteiger partial charge < -0.3 is 14.8 Å². The smallest absolute Gasteiger partial charge is 0.271 e. The Bertz CT molecular complexity index is 524. The summed E-state index contributed by atoms with van der Waals surface area (Å²) in [7, 11) is 0. The first-order valence-electron chi connectivity index (χ1n) is 6.91. The fourth-order valence-corrected chi connectivity index (χ4v) is 2.76. The van der Waals surface area contributed by atoms with Gasteiger partial charge in [0.25, 0.3) is 5.91 Å². The summed E-state index contributed by atoms with van der Waals surface area (Å²) >= 11 is 6.02. The summed E-state index contributed by atoms with van der Waals surface area (Å²) in [6.45, 7) is 6.92. The van der Waals surface area contributed by atoms with Crippen LogP contribution in [0.4, 0.5) is 0 Å². The lowest BCUT2D eigenvalue weighted by Crippen LogP contribution is -2.57. The summed E-state index contributed by atoms with van der Waals surface area (Å²) in [5, 5.41) is 3.33. The van der Waals surface area contributed by atoms with Crippen molar-refractivity contribution in [3.8, 4) is 0 Å². The number of rotatable bonds is 3. The molecule has 6 heteroatoms. The number of nitrogens with zero attached hydrogens (tertiary/aromatic N) is 2. The summed E-state index contributed by atoms with van der Waals surface area (Å²) in [5.41, 5.74) is 0.540. The van der Waals surface area contributed by atoms with Crippen molar-refractivity contribution in [2.75, 3.05) is 13.1 Å². The van der Waals surface area contributed by atoms with Gasteiger partial charge in [0.05, 0.1) is 5.02 Å². The first-order valence-corrected chi connectivity index (χ1v) is 7.29. The molecular formula is C14H20ClN3O2. The highest BCUT2D eigenvalue weighted by Gasteiger charge is 2.33. The molecule has 2 amide bonds. The van der Waals surface area contributed by atoms with Crippen LogP contribution in [-0.2, 0) is 4.79 Å². The molecule has 0 aliphatic carbocycles. The third-order valence-corrected chi connectivity index (χ3v) is 3.78. The van der Waals surface area contributed by atoms with E-state index in [-0.39, 0.29) is 17.9 Å². The van der Waals surface area contributed by atoms with Gasteiger partial charge in [0.15, 0.2) is 0 Å². The zero-order valence-electron chi connectivity index (χ0n) is 12.0. The zero-order valence-corrected chi connectivity index (χ0v) is 12.8. The Hall–Kier alpha value is -1.49. The van der Waals surface area contributed by atoms with Crippen LogP contribution in [0.3, 0.4) is 0 Å². The van der Waals surface area contributed by atoms with Gasteiger partial charge in [-0.1, -0.05) is 18.5 Å². The molecule has 1 aliphatic heterocycles. The highest BCUT2D eigenvalue weighted by Crippen LogP contribution is 2.22. The van der Waals surface area contributed by atoms with Crippen LogP contribution in [0, 0.1) is 0 Å². The molecule has 1 aliphatic rings. The number of halogens is 1. The zero-order chi connectivity index (χ0) is 14.9. The van der Waals surface area contributed by atoms with Gasteiger partial charge in [-0.2, -0.15) is 0 Å². The first-order chi connectivity index (χ1) is 9.45. The Morgan fingerprint density at radius 2 is 2.25 bits per heavy atom. The average molecular weight is 298 g/mol. The lowest BCUT2D eigenvalue weighted by molar-refractivity contribution is -0.127. The second-order valence-electron chi connectivity index (χ2n) is 5.26. The van der Waals surface area contributed by atoms with Crippen molar-refractivity contribution in [3.05, 3.63) is 23.0 Å². The van der Waals surface area contributed by atoms with Crippen LogP contribution in [0.2, 0.25) is 5.02 Å². The number of hydrogen-bond acceptors (Lipinski definition) is 2. The van der Waals surface area contributed by atoms with Crippen LogP contribution in [-0.4, -0.2) is 40.4 Å². The van der Waals surface area contributed by atoms with Crippen molar-refractivity contribution in [1.82, 2.24) is 14.8 Å². The minimum Gasteiger partial charge on any atom is -0.353 e. The van der Waals surface area contributed by atoms with Crippen LogP contribution in [0.1, 0.15) is 43.7 Å². The molecule has 2 heterocycles. The maximum Gasteiger partial charge on any atom is 0.271 e. The number of carbonyl (C=O) groups excluding carboxylic acids is 2. The Balaban J connectivity index is 2.32. The van der Waals surface area contributed by atoms with Gasteiger partial charge in [0, 0.05) is 25.3 Å². The maximum absolute atomic E-state index is 12.7. The van der Waals surface area contributed by atoms with Crippen LogP contribution in [0.15, 0.2) is 12.3 Å². The Labute approximate surface area is 123 Å². The highest BCUT2D eigenvalue weighted by atomic mass is 35.5. The van der Waals surface area contributed by atoms with Crippen molar-refractivity contribution in [3.63, 3.8) is 0 Å². The third-order valence-electron chi connectivity index (χ3n) is 3.57. The molecule has 5 nitrogen and oxygen atoms in total. The second-order valence-corrected chi connectivity index (χ2v) is 5.69. The largest absolute Gasteiger partial charge is 0.353 e. The lowest BCUT2D eigenvalue weighted by atomic mass is 10.1. The van der Waals surface area contributed by atoms with Crippen molar-refractivity contribution in [1.29, 1.82) is 0 Å². The van der Waals surface area contributed by atoms with E-state index >= 15 is 0 Å². The molecule has 1 N–H and O–H groups in total. The van der Waals surface area contributed by atoms with Gasteiger partial charge in [0.1, 0.15) is 11.7 Å². The van der Waals surface area contributed by atoms with E-state index in [2.05, 4.69) is 5.32 Å². The quantitative estimate of drug-likeness (QED) is 0.928. The fraction of sp³-hybridized carbons (Fsp3) is 0.571. The van der Waals surface area contributed by atoms with Crippen molar-refractivity contribution >= 4 is 23.4 Å². The summed E-state index contributed by atoms with van der Waals surface area (Å²) in [5.74, 6) is -0.215. The normalized spacial score (nSPS) is 19.4. The van der Waals surface area contributed by atoms with Gasteiger partial charge in [-0.15, -0.1) is 0 Å². The topological polar surface area (TPSA) is 54.3 Å². The standard InChI is InChI=1S/C14H20ClN3O2/c1-4-11-13(19)16-5-6-17(11)14(20)12-7-10(15)8-18(12)9(2)3/h7-9,11H,4-6H2,1-3H3,(H,16,19). The third kappa shape index (κ3) is 2.68. The number of carbonyl (C=O) groups is 2. The lowest BCUT2D eigenvalue weighted by Gasteiger charge is -2.34. The summed E-state index contributed by atoms with van der Waals surface area (Å²) in [4.78, 5) is 26.2. The molecule has 0 spiro atoms. The average Bonchev–Trinajstić information content (AvgIpc) is 2.80. The second kappa shape index (κ2) is 5.87. The number of nitrogens with one attached hydrogen (secondary N) is 1. The molecule has 1 saturated heterocycles. The molecule has 110 valence electrons. The minimum absolute atomic E-state index is 0.0825. The molecule has 0 radical (unpaired) electrons. The Kier molecular flexibility index (Phi) is 4.38. The van der Waals surface area contributed by atoms with Gasteiger partial charge >= 0.3 is 0 Å². The van der Waals surface area contributed by atoms with Crippen molar-refractivity contribution < 1.29 is 9.59 Å². The molecule has 1 atom stereocenters. The highest BCUT2D eigenvalue weighted by molar-refractivity contribution is 6.31. The molecular weight excluding hydrogens is 278 g/mol. The first kappa shape index (κ1) is 14.9. The van der Waals surface area contributed by atoms with Crippen molar-refractivity contribution in [2.24, 2.45) is 0 Å². The van der Waals surface area contributed by atoms with Crippen LogP contribution in [0.25, 0.3) is 0 Å². The van der Waals surface area contributed by atoms with E-state index in [1.165, 1.54) is 0 Å².